The number of rotatable bonds is 5. The number of aromatic hydroxyl groups is 1. The summed E-state index contributed by atoms with van der Waals surface area (Å²) >= 11 is 0. The molecule has 0 unspecified atom stereocenters. The summed E-state index contributed by atoms with van der Waals surface area (Å²) in [5.74, 6) is 6.03. The number of pyridine rings is 2. The maximum Gasteiger partial charge on any atom is 0.222 e. The van der Waals surface area contributed by atoms with E-state index in [-0.39, 0.29) is 16.7 Å². The SMILES string of the molecule is C/C(N)=C(\c1cnc2c3c(O)ncc(S(C)(=O)=O)c3n(CC3CCOCC3)c2c1)N(C)N. The van der Waals surface area contributed by atoms with Gasteiger partial charge in [0.05, 0.1) is 28.3 Å². The van der Waals surface area contributed by atoms with Crippen LogP contribution in [0.15, 0.2) is 29.1 Å². The fourth-order valence-electron chi connectivity index (χ4n) is 4.42. The van der Waals surface area contributed by atoms with Crippen LogP contribution in [-0.4, -0.2) is 59.6 Å². The summed E-state index contributed by atoms with van der Waals surface area (Å²) in [6.07, 6.45) is 5.67. The van der Waals surface area contributed by atoms with Crippen LogP contribution >= 0.6 is 0 Å². The number of hydrogen-bond acceptors (Lipinski definition) is 9. The quantitative estimate of drug-likeness (QED) is 0.381. The Kier molecular flexibility index (Phi) is 5.74. The van der Waals surface area contributed by atoms with Gasteiger partial charge in [-0.2, -0.15) is 0 Å². The van der Waals surface area contributed by atoms with Gasteiger partial charge in [-0.1, -0.05) is 0 Å². The van der Waals surface area contributed by atoms with E-state index < -0.39 is 9.84 Å². The minimum absolute atomic E-state index is 0.0543. The fourth-order valence-corrected chi connectivity index (χ4v) is 5.23. The largest absolute Gasteiger partial charge is 0.493 e. The Bertz CT molecular complexity index is 1320. The molecule has 4 heterocycles. The van der Waals surface area contributed by atoms with Crippen LogP contribution in [0.5, 0.6) is 5.88 Å². The molecule has 0 radical (unpaired) electrons. The molecule has 11 heteroatoms. The van der Waals surface area contributed by atoms with Crippen molar-refractivity contribution in [2.75, 3.05) is 26.5 Å². The highest BCUT2D eigenvalue weighted by molar-refractivity contribution is 7.91. The van der Waals surface area contributed by atoms with Crippen molar-refractivity contribution in [3.05, 3.63) is 29.7 Å². The van der Waals surface area contributed by atoms with E-state index >= 15 is 0 Å². The molecule has 0 spiro atoms. The molecular formula is C21H28N6O4S. The van der Waals surface area contributed by atoms with Gasteiger partial charge in [0.15, 0.2) is 9.84 Å². The van der Waals surface area contributed by atoms with Gasteiger partial charge >= 0.3 is 0 Å². The van der Waals surface area contributed by atoms with Crippen molar-refractivity contribution in [1.29, 1.82) is 0 Å². The Balaban J connectivity index is 2.08. The van der Waals surface area contributed by atoms with Crippen LogP contribution in [0.25, 0.3) is 27.6 Å². The third kappa shape index (κ3) is 3.87. The molecule has 1 fully saturated rings. The van der Waals surface area contributed by atoms with Crippen molar-refractivity contribution in [3.8, 4) is 5.88 Å². The molecule has 32 heavy (non-hydrogen) atoms. The maximum absolute atomic E-state index is 12.6. The van der Waals surface area contributed by atoms with Crippen LogP contribution < -0.4 is 11.6 Å². The minimum atomic E-state index is -3.61. The molecular weight excluding hydrogens is 432 g/mol. The molecule has 4 rings (SSSR count). The van der Waals surface area contributed by atoms with Gasteiger partial charge in [0.1, 0.15) is 10.4 Å². The second-order valence-electron chi connectivity index (χ2n) is 8.34. The number of aromatic nitrogens is 3. The molecule has 10 nitrogen and oxygen atoms in total. The molecule has 3 aromatic rings. The number of hydrogen-bond donors (Lipinski definition) is 3. The van der Waals surface area contributed by atoms with Gasteiger partial charge in [0.25, 0.3) is 0 Å². The first-order valence-electron chi connectivity index (χ1n) is 10.3. The number of nitrogens with zero attached hydrogens (tertiary/aromatic N) is 4. The predicted molar refractivity (Wildman–Crippen MR) is 122 cm³/mol. The van der Waals surface area contributed by atoms with Crippen molar-refractivity contribution < 1.29 is 18.3 Å². The Labute approximate surface area is 186 Å². The molecule has 172 valence electrons. The lowest BCUT2D eigenvalue weighted by Gasteiger charge is -2.24. The van der Waals surface area contributed by atoms with Crippen LogP contribution in [0.4, 0.5) is 0 Å². The zero-order valence-electron chi connectivity index (χ0n) is 18.4. The zero-order valence-corrected chi connectivity index (χ0v) is 19.2. The lowest BCUT2D eigenvalue weighted by Crippen LogP contribution is -2.26. The second-order valence-corrected chi connectivity index (χ2v) is 10.3. The van der Waals surface area contributed by atoms with Crippen molar-refractivity contribution in [1.82, 2.24) is 19.5 Å². The van der Waals surface area contributed by atoms with Crippen LogP contribution in [0.2, 0.25) is 0 Å². The molecule has 0 bridgehead atoms. The van der Waals surface area contributed by atoms with E-state index in [4.69, 9.17) is 16.3 Å². The summed E-state index contributed by atoms with van der Waals surface area (Å²) < 4.78 is 32.6. The lowest BCUT2D eigenvalue weighted by molar-refractivity contribution is 0.0619. The first-order valence-corrected chi connectivity index (χ1v) is 12.2. The van der Waals surface area contributed by atoms with Crippen molar-refractivity contribution >= 4 is 37.5 Å². The van der Waals surface area contributed by atoms with Crippen molar-refractivity contribution in [3.63, 3.8) is 0 Å². The summed E-state index contributed by atoms with van der Waals surface area (Å²) in [5.41, 5.74) is 9.43. The monoisotopic (exact) mass is 460 g/mol. The highest BCUT2D eigenvalue weighted by Gasteiger charge is 2.26. The number of hydrazine groups is 1. The van der Waals surface area contributed by atoms with Gasteiger partial charge in [0.2, 0.25) is 5.88 Å². The summed E-state index contributed by atoms with van der Waals surface area (Å²) in [4.78, 5) is 8.58. The Morgan fingerprint density at radius 2 is 2.00 bits per heavy atom. The molecule has 0 amide bonds. The van der Waals surface area contributed by atoms with E-state index in [0.717, 1.165) is 19.1 Å². The molecule has 5 N–H and O–H groups in total. The third-order valence-electron chi connectivity index (χ3n) is 5.84. The van der Waals surface area contributed by atoms with Gasteiger partial charge in [-0.15, -0.1) is 0 Å². The molecule has 1 saturated heterocycles. The number of allylic oxidation sites excluding steroid dienone is 1. The standard InChI is InChI=1S/C21H28N6O4S/c1-12(22)19(26(2)23)14-8-15-18(24-9-14)17-20(16(32(3,29)30)10-25-21(17)28)27(15)11-13-4-6-31-7-5-13/h8-10,13H,4-7,11,22-23H2,1-3H3,(H,25,28)/b19-12-. The van der Waals surface area contributed by atoms with Crippen LogP contribution in [-0.2, 0) is 21.1 Å². The lowest BCUT2D eigenvalue weighted by atomic mass is 10.0. The first-order chi connectivity index (χ1) is 15.1. The van der Waals surface area contributed by atoms with Gasteiger partial charge in [-0.3, -0.25) is 4.98 Å². The van der Waals surface area contributed by atoms with E-state index in [9.17, 15) is 13.5 Å². The van der Waals surface area contributed by atoms with Gasteiger partial charge in [-0.05, 0) is 31.7 Å². The molecule has 0 saturated carbocycles. The highest BCUT2D eigenvalue weighted by atomic mass is 32.2. The Morgan fingerprint density at radius 3 is 2.59 bits per heavy atom. The predicted octanol–water partition coefficient (Wildman–Crippen LogP) is 1.57. The average molecular weight is 461 g/mol. The molecule has 1 aliphatic heterocycles. The molecule has 3 aromatic heterocycles. The molecule has 0 atom stereocenters. The van der Waals surface area contributed by atoms with E-state index in [1.165, 1.54) is 11.2 Å². The van der Waals surface area contributed by atoms with E-state index in [2.05, 4.69) is 9.97 Å². The fraction of sp³-hybridized carbons (Fsp3) is 0.429. The van der Waals surface area contributed by atoms with Crippen molar-refractivity contribution in [2.45, 2.75) is 31.2 Å². The zero-order chi connectivity index (χ0) is 23.2. The van der Waals surface area contributed by atoms with Crippen LogP contribution in [0.3, 0.4) is 0 Å². The Morgan fingerprint density at radius 1 is 1.31 bits per heavy atom. The minimum Gasteiger partial charge on any atom is -0.493 e. The smallest absolute Gasteiger partial charge is 0.222 e. The number of nitrogens with two attached hydrogens (primary N) is 2. The summed E-state index contributed by atoms with van der Waals surface area (Å²) in [6, 6.07) is 1.88. The van der Waals surface area contributed by atoms with Crippen LogP contribution in [0, 0.1) is 5.92 Å². The molecule has 0 aliphatic carbocycles. The van der Waals surface area contributed by atoms with Gasteiger partial charge in [0, 0.05) is 50.5 Å². The topological polar surface area (TPSA) is 150 Å². The Hall–Kier alpha value is -2.89. The highest BCUT2D eigenvalue weighted by Crippen LogP contribution is 2.38. The number of ether oxygens (including phenoxy) is 1. The van der Waals surface area contributed by atoms with Crippen LogP contribution in [0.1, 0.15) is 25.3 Å². The first kappa shape index (κ1) is 22.3. The third-order valence-corrected chi connectivity index (χ3v) is 6.94. The van der Waals surface area contributed by atoms with Crippen molar-refractivity contribution in [2.24, 2.45) is 17.5 Å². The van der Waals surface area contributed by atoms with Gasteiger partial charge < -0.3 is 25.2 Å². The molecule has 1 aliphatic rings. The van der Waals surface area contributed by atoms with E-state index in [1.807, 2.05) is 10.6 Å². The normalized spacial score (nSPS) is 16.5. The second kappa shape index (κ2) is 8.23. The number of fused-ring (bicyclic) bond motifs is 3. The molecule has 0 aromatic carbocycles. The summed E-state index contributed by atoms with van der Waals surface area (Å²) in [7, 11) is -1.93. The summed E-state index contributed by atoms with van der Waals surface area (Å²) in [5, 5.41) is 12.3. The number of sulfone groups is 1. The van der Waals surface area contributed by atoms with Gasteiger partial charge in [-0.25, -0.2) is 19.2 Å². The maximum atomic E-state index is 12.6. The summed E-state index contributed by atoms with van der Waals surface area (Å²) in [6.45, 7) is 3.63. The average Bonchev–Trinajstić information content (AvgIpc) is 3.02. The van der Waals surface area contributed by atoms with E-state index in [1.54, 1.807) is 20.2 Å². The van der Waals surface area contributed by atoms with E-state index in [0.29, 0.717) is 58.7 Å².